The van der Waals surface area contributed by atoms with Gasteiger partial charge in [-0.1, -0.05) is 27.7 Å². The highest BCUT2D eigenvalue weighted by Gasteiger charge is 2.33. The number of carboxylic acid groups (broad SMARTS) is 1. The van der Waals surface area contributed by atoms with Crippen LogP contribution in [0.15, 0.2) is 0 Å². The predicted molar refractivity (Wildman–Crippen MR) is 71.5 cm³/mol. The van der Waals surface area contributed by atoms with Crippen molar-refractivity contribution in [2.75, 3.05) is 0 Å². The summed E-state index contributed by atoms with van der Waals surface area (Å²) in [5.74, 6) is -3.14. The van der Waals surface area contributed by atoms with E-state index in [4.69, 9.17) is 9.84 Å². The first-order valence-electron chi connectivity index (χ1n) is 6.70. The standard InChI is InChI=1S/C14H26O5/c1-7(2)11(15)9(5)14(18)19-12(8(3)4)10(6)13(16)17/h7-12,15H,1-6H3,(H,16,17). The molecule has 0 saturated carbocycles. The van der Waals surface area contributed by atoms with Crippen LogP contribution in [0, 0.1) is 23.7 Å². The lowest BCUT2D eigenvalue weighted by Gasteiger charge is -2.28. The lowest BCUT2D eigenvalue weighted by atomic mass is 9.93. The number of hydrogen-bond donors (Lipinski definition) is 2. The number of esters is 1. The van der Waals surface area contributed by atoms with Crippen molar-refractivity contribution in [3.63, 3.8) is 0 Å². The molecule has 0 aliphatic heterocycles. The molecule has 112 valence electrons. The van der Waals surface area contributed by atoms with Crippen LogP contribution in [-0.2, 0) is 14.3 Å². The summed E-state index contributed by atoms with van der Waals surface area (Å²) >= 11 is 0. The molecule has 0 radical (unpaired) electrons. The minimum Gasteiger partial charge on any atom is -0.481 e. The van der Waals surface area contributed by atoms with Crippen LogP contribution in [0.2, 0.25) is 0 Å². The van der Waals surface area contributed by atoms with Crippen molar-refractivity contribution < 1.29 is 24.5 Å². The number of aliphatic carboxylic acids is 1. The van der Waals surface area contributed by atoms with E-state index in [1.807, 2.05) is 13.8 Å². The molecule has 4 unspecified atom stereocenters. The number of rotatable bonds is 7. The van der Waals surface area contributed by atoms with Gasteiger partial charge < -0.3 is 14.9 Å². The van der Waals surface area contributed by atoms with Crippen LogP contribution in [-0.4, -0.2) is 34.4 Å². The zero-order valence-corrected chi connectivity index (χ0v) is 12.6. The lowest BCUT2D eigenvalue weighted by molar-refractivity contribution is -0.167. The summed E-state index contributed by atoms with van der Waals surface area (Å²) in [4.78, 5) is 23.0. The fourth-order valence-electron chi connectivity index (χ4n) is 1.91. The number of hydrogen-bond acceptors (Lipinski definition) is 4. The zero-order valence-electron chi connectivity index (χ0n) is 12.6. The third-order valence-electron chi connectivity index (χ3n) is 3.36. The van der Waals surface area contributed by atoms with Crippen molar-refractivity contribution >= 4 is 11.9 Å². The Morgan fingerprint density at radius 2 is 1.37 bits per heavy atom. The molecule has 2 N–H and O–H groups in total. The summed E-state index contributed by atoms with van der Waals surface area (Å²) in [6, 6.07) is 0. The average Bonchev–Trinajstić information content (AvgIpc) is 2.31. The van der Waals surface area contributed by atoms with Crippen LogP contribution in [0.3, 0.4) is 0 Å². The SMILES string of the molecule is CC(C)C(O)C(C)C(=O)OC(C(C)C)C(C)C(=O)O. The van der Waals surface area contributed by atoms with Gasteiger partial charge in [0.25, 0.3) is 0 Å². The van der Waals surface area contributed by atoms with Crippen molar-refractivity contribution in [2.45, 2.75) is 53.8 Å². The molecular weight excluding hydrogens is 248 g/mol. The van der Waals surface area contributed by atoms with Gasteiger partial charge in [-0.05, 0) is 25.7 Å². The van der Waals surface area contributed by atoms with Gasteiger partial charge in [-0.15, -0.1) is 0 Å². The van der Waals surface area contributed by atoms with Crippen molar-refractivity contribution in [3.05, 3.63) is 0 Å². The van der Waals surface area contributed by atoms with Gasteiger partial charge in [-0.25, -0.2) is 0 Å². The van der Waals surface area contributed by atoms with Gasteiger partial charge in [0, 0.05) is 0 Å². The Morgan fingerprint density at radius 3 is 1.68 bits per heavy atom. The summed E-state index contributed by atoms with van der Waals surface area (Å²) in [5.41, 5.74) is 0. The monoisotopic (exact) mass is 274 g/mol. The maximum Gasteiger partial charge on any atom is 0.311 e. The first-order valence-corrected chi connectivity index (χ1v) is 6.70. The molecule has 0 rings (SSSR count). The van der Waals surface area contributed by atoms with Crippen LogP contribution in [0.4, 0.5) is 0 Å². The number of aliphatic hydroxyl groups is 1. The van der Waals surface area contributed by atoms with Gasteiger partial charge in [-0.3, -0.25) is 9.59 Å². The van der Waals surface area contributed by atoms with E-state index in [0.29, 0.717) is 0 Å². The Kier molecular flexibility index (Phi) is 7.05. The molecule has 0 saturated heterocycles. The lowest BCUT2D eigenvalue weighted by Crippen LogP contribution is -2.39. The van der Waals surface area contributed by atoms with Crippen molar-refractivity contribution in [2.24, 2.45) is 23.7 Å². The fraction of sp³-hybridized carbons (Fsp3) is 0.857. The second-order valence-electron chi connectivity index (χ2n) is 5.80. The summed E-state index contributed by atoms with van der Waals surface area (Å²) < 4.78 is 5.29. The average molecular weight is 274 g/mol. The fourth-order valence-corrected chi connectivity index (χ4v) is 1.91. The molecule has 5 heteroatoms. The summed E-state index contributed by atoms with van der Waals surface area (Å²) in [6.07, 6.45) is -1.48. The maximum absolute atomic E-state index is 12.0. The molecule has 0 bridgehead atoms. The summed E-state index contributed by atoms with van der Waals surface area (Å²) in [5, 5.41) is 18.9. The first kappa shape index (κ1) is 17.9. The van der Waals surface area contributed by atoms with Crippen LogP contribution >= 0.6 is 0 Å². The molecule has 0 aromatic heterocycles. The highest BCUT2D eigenvalue weighted by atomic mass is 16.5. The Bertz CT molecular complexity index is 311. The Hall–Kier alpha value is -1.10. The molecule has 19 heavy (non-hydrogen) atoms. The highest BCUT2D eigenvalue weighted by molar-refractivity contribution is 5.74. The molecule has 0 aliphatic rings. The number of aliphatic hydroxyl groups excluding tert-OH is 1. The summed E-state index contributed by atoms with van der Waals surface area (Å²) in [6.45, 7) is 10.4. The van der Waals surface area contributed by atoms with E-state index in [9.17, 15) is 14.7 Å². The van der Waals surface area contributed by atoms with E-state index in [1.54, 1.807) is 20.8 Å². The molecule has 0 aromatic rings. The largest absolute Gasteiger partial charge is 0.481 e. The van der Waals surface area contributed by atoms with E-state index in [1.165, 1.54) is 6.92 Å². The predicted octanol–water partition coefficient (Wildman–Crippen LogP) is 1.93. The molecule has 4 atom stereocenters. The van der Waals surface area contributed by atoms with Crippen LogP contribution in [0.5, 0.6) is 0 Å². The van der Waals surface area contributed by atoms with Crippen LogP contribution < -0.4 is 0 Å². The molecule has 5 nitrogen and oxygen atoms in total. The van der Waals surface area contributed by atoms with E-state index >= 15 is 0 Å². The number of carboxylic acids is 1. The Morgan fingerprint density at radius 1 is 0.895 bits per heavy atom. The van der Waals surface area contributed by atoms with Gasteiger partial charge in [0.15, 0.2) is 0 Å². The molecule has 0 aromatic carbocycles. The van der Waals surface area contributed by atoms with E-state index < -0.39 is 36.0 Å². The third kappa shape index (κ3) is 5.19. The van der Waals surface area contributed by atoms with Gasteiger partial charge in [0.1, 0.15) is 6.10 Å². The second-order valence-corrected chi connectivity index (χ2v) is 5.80. The summed E-state index contributed by atoms with van der Waals surface area (Å²) in [7, 11) is 0. The number of carbonyl (C=O) groups excluding carboxylic acids is 1. The van der Waals surface area contributed by atoms with E-state index in [0.717, 1.165) is 0 Å². The Labute approximate surface area is 115 Å². The first-order chi connectivity index (χ1) is 8.59. The van der Waals surface area contributed by atoms with Gasteiger partial charge in [0.05, 0.1) is 17.9 Å². The zero-order chi connectivity index (χ0) is 15.3. The van der Waals surface area contributed by atoms with Crippen molar-refractivity contribution in [1.29, 1.82) is 0 Å². The Balaban J connectivity index is 4.78. The van der Waals surface area contributed by atoms with Crippen molar-refractivity contribution in [3.8, 4) is 0 Å². The van der Waals surface area contributed by atoms with Gasteiger partial charge >= 0.3 is 11.9 Å². The van der Waals surface area contributed by atoms with Crippen LogP contribution in [0.25, 0.3) is 0 Å². The smallest absolute Gasteiger partial charge is 0.311 e. The van der Waals surface area contributed by atoms with E-state index in [2.05, 4.69) is 0 Å². The third-order valence-corrected chi connectivity index (χ3v) is 3.36. The maximum atomic E-state index is 12.0. The highest BCUT2D eigenvalue weighted by Crippen LogP contribution is 2.21. The minimum atomic E-state index is -0.997. The van der Waals surface area contributed by atoms with Gasteiger partial charge in [0.2, 0.25) is 0 Å². The normalized spacial score (nSPS) is 17.9. The van der Waals surface area contributed by atoms with Gasteiger partial charge in [-0.2, -0.15) is 0 Å². The molecule has 0 spiro atoms. The minimum absolute atomic E-state index is 0.0584. The topological polar surface area (TPSA) is 83.8 Å². The molecular formula is C14H26O5. The molecule has 0 heterocycles. The molecule has 0 aliphatic carbocycles. The van der Waals surface area contributed by atoms with E-state index in [-0.39, 0.29) is 11.8 Å². The quantitative estimate of drug-likeness (QED) is 0.693. The van der Waals surface area contributed by atoms with Crippen molar-refractivity contribution in [1.82, 2.24) is 0 Å². The molecule has 0 amide bonds. The van der Waals surface area contributed by atoms with Crippen LogP contribution in [0.1, 0.15) is 41.5 Å². The second kappa shape index (κ2) is 7.48. The number of carbonyl (C=O) groups is 2. The molecule has 0 fully saturated rings. The number of ether oxygens (including phenoxy) is 1.